The zero-order valence-electron chi connectivity index (χ0n) is 10.3. The van der Waals surface area contributed by atoms with E-state index in [0.717, 1.165) is 5.56 Å². The van der Waals surface area contributed by atoms with E-state index >= 15 is 0 Å². The van der Waals surface area contributed by atoms with Gasteiger partial charge in [-0.1, -0.05) is 17.7 Å². The summed E-state index contributed by atoms with van der Waals surface area (Å²) in [6, 6.07) is 5.30. The molecule has 98 valence electrons. The summed E-state index contributed by atoms with van der Waals surface area (Å²) in [5.41, 5.74) is 0.690. The molecule has 1 aromatic carbocycles. The number of aromatic carboxylic acids is 1. The highest BCUT2D eigenvalue weighted by Gasteiger charge is 2.15. The number of nitrogens with zero attached hydrogens (tertiary/aromatic N) is 2. The maximum Gasteiger partial charge on any atom is 0.360 e. The monoisotopic (exact) mass is 278 g/mol. The first kappa shape index (κ1) is 13.3. The number of benzene rings is 1. The first-order valence-corrected chi connectivity index (χ1v) is 5.88. The molecule has 1 heterocycles. The number of rotatable bonds is 2. The van der Waals surface area contributed by atoms with Crippen molar-refractivity contribution in [2.75, 3.05) is 0 Å². The first-order chi connectivity index (χ1) is 8.90. The molecule has 2 rings (SSSR count). The van der Waals surface area contributed by atoms with Gasteiger partial charge in [0.25, 0.3) is 0 Å². The highest BCUT2D eigenvalue weighted by atomic mass is 35.5. The molecule has 0 radical (unpaired) electrons. The highest BCUT2D eigenvalue weighted by molar-refractivity contribution is 6.32. The predicted molar refractivity (Wildman–Crippen MR) is 71.3 cm³/mol. The second-order valence-electron chi connectivity index (χ2n) is 4.19. The number of halogens is 1. The predicted octanol–water partition coefficient (Wildman–Crippen LogP) is 2.20. The molecule has 0 spiro atoms. The minimum absolute atomic E-state index is 0.295. The van der Waals surface area contributed by atoms with E-state index in [4.69, 9.17) is 16.7 Å². The fraction of sp³-hybridized carbons (Fsp3) is 0.154. The van der Waals surface area contributed by atoms with Gasteiger partial charge in [-0.05, 0) is 31.5 Å². The van der Waals surface area contributed by atoms with E-state index in [1.54, 1.807) is 12.1 Å². The van der Waals surface area contributed by atoms with Crippen molar-refractivity contribution in [3.63, 3.8) is 0 Å². The van der Waals surface area contributed by atoms with Crippen LogP contribution in [0.3, 0.4) is 0 Å². The molecule has 5 nitrogen and oxygen atoms in total. The Balaban J connectivity index is 2.70. The Bertz CT molecular complexity index is 722. The SMILES string of the molecule is Cc1ccc(-n2cc(C)c(=O)c(C(=O)O)n2)c(Cl)c1. The van der Waals surface area contributed by atoms with Crippen molar-refractivity contribution in [2.45, 2.75) is 13.8 Å². The minimum Gasteiger partial charge on any atom is -0.476 e. The van der Waals surface area contributed by atoms with Crippen LogP contribution >= 0.6 is 11.6 Å². The molecule has 2 aromatic rings. The third-order valence-electron chi connectivity index (χ3n) is 2.65. The number of carbonyl (C=O) groups is 1. The van der Waals surface area contributed by atoms with Crippen molar-refractivity contribution in [3.8, 4) is 5.69 Å². The summed E-state index contributed by atoms with van der Waals surface area (Å²) >= 11 is 6.10. The molecule has 0 aliphatic rings. The van der Waals surface area contributed by atoms with Gasteiger partial charge in [-0.15, -0.1) is 0 Å². The van der Waals surface area contributed by atoms with Crippen LogP contribution in [-0.4, -0.2) is 20.9 Å². The third kappa shape index (κ3) is 2.51. The molecule has 0 saturated heterocycles. The maximum atomic E-state index is 11.6. The van der Waals surface area contributed by atoms with E-state index in [9.17, 15) is 9.59 Å². The van der Waals surface area contributed by atoms with Crippen molar-refractivity contribution in [1.82, 2.24) is 9.78 Å². The lowest BCUT2D eigenvalue weighted by Crippen LogP contribution is -2.23. The van der Waals surface area contributed by atoms with E-state index in [1.807, 2.05) is 13.0 Å². The Morgan fingerprint density at radius 2 is 2.05 bits per heavy atom. The standard InChI is InChI=1S/C13H11ClN2O3/c1-7-3-4-10(9(14)5-7)16-6-8(2)12(17)11(15-16)13(18)19/h3-6H,1-2H3,(H,18,19). The summed E-state index contributed by atoms with van der Waals surface area (Å²) in [5, 5.41) is 13.2. The fourth-order valence-corrected chi connectivity index (χ4v) is 1.99. The van der Waals surface area contributed by atoms with E-state index in [1.165, 1.54) is 17.8 Å². The van der Waals surface area contributed by atoms with Crippen molar-refractivity contribution < 1.29 is 9.90 Å². The zero-order valence-corrected chi connectivity index (χ0v) is 11.1. The first-order valence-electron chi connectivity index (χ1n) is 5.50. The van der Waals surface area contributed by atoms with Crippen LogP contribution in [0.5, 0.6) is 0 Å². The summed E-state index contributed by atoms with van der Waals surface area (Å²) in [7, 11) is 0. The van der Waals surface area contributed by atoms with Crippen molar-refractivity contribution >= 4 is 17.6 Å². The van der Waals surface area contributed by atoms with E-state index < -0.39 is 17.1 Å². The number of aryl methyl sites for hydroxylation is 2. The van der Waals surface area contributed by atoms with Gasteiger partial charge in [0.15, 0.2) is 0 Å². The van der Waals surface area contributed by atoms with Crippen LogP contribution in [-0.2, 0) is 0 Å². The van der Waals surface area contributed by atoms with Crippen molar-refractivity contribution in [1.29, 1.82) is 0 Å². The Morgan fingerprint density at radius 1 is 1.37 bits per heavy atom. The molecule has 1 N–H and O–H groups in total. The third-order valence-corrected chi connectivity index (χ3v) is 2.95. The molecule has 0 aliphatic carbocycles. The van der Waals surface area contributed by atoms with E-state index in [0.29, 0.717) is 16.3 Å². The summed E-state index contributed by atoms with van der Waals surface area (Å²) in [5.74, 6) is -1.36. The van der Waals surface area contributed by atoms with Crippen LogP contribution in [0.4, 0.5) is 0 Å². The highest BCUT2D eigenvalue weighted by Crippen LogP contribution is 2.20. The fourth-order valence-electron chi connectivity index (χ4n) is 1.67. The number of carboxylic acid groups (broad SMARTS) is 1. The lowest BCUT2D eigenvalue weighted by Gasteiger charge is -2.09. The zero-order chi connectivity index (χ0) is 14.2. The molecule has 6 heteroatoms. The van der Waals surface area contributed by atoms with Gasteiger partial charge in [-0.3, -0.25) is 4.79 Å². The summed E-state index contributed by atoms with van der Waals surface area (Å²) < 4.78 is 1.31. The lowest BCUT2D eigenvalue weighted by atomic mass is 10.2. The second kappa shape index (κ2) is 4.85. The number of hydrogen-bond donors (Lipinski definition) is 1. The van der Waals surface area contributed by atoms with Gasteiger partial charge in [0.2, 0.25) is 11.1 Å². The van der Waals surface area contributed by atoms with Crippen LogP contribution in [0, 0.1) is 13.8 Å². The number of carboxylic acids is 1. The van der Waals surface area contributed by atoms with Gasteiger partial charge in [-0.2, -0.15) is 5.10 Å². The molecule has 19 heavy (non-hydrogen) atoms. The van der Waals surface area contributed by atoms with Crippen LogP contribution in [0.1, 0.15) is 21.6 Å². The van der Waals surface area contributed by atoms with Gasteiger partial charge in [0.05, 0.1) is 10.7 Å². The largest absolute Gasteiger partial charge is 0.476 e. The topological polar surface area (TPSA) is 72.2 Å². The Hall–Kier alpha value is -2.14. The normalized spacial score (nSPS) is 10.5. The van der Waals surface area contributed by atoms with E-state index in [2.05, 4.69) is 5.10 Å². The molecular weight excluding hydrogens is 268 g/mol. The Morgan fingerprint density at radius 3 is 2.63 bits per heavy atom. The minimum atomic E-state index is -1.36. The van der Waals surface area contributed by atoms with Gasteiger partial charge in [0, 0.05) is 11.8 Å². The van der Waals surface area contributed by atoms with Gasteiger partial charge in [0.1, 0.15) is 0 Å². The van der Waals surface area contributed by atoms with Gasteiger partial charge < -0.3 is 5.11 Å². The molecule has 0 unspecified atom stereocenters. The summed E-state index contributed by atoms with van der Waals surface area (Å²) in [6.45, 7) is 3.43. The van der Waals surface area contributed by atoms with Crippen LogP contribution in [0.15, 0.2) is 29.2 Å². The lowest BCUT2D eigenvalue weighted by molar-refractivity contribution is 0.0686. The van der Waals surface area contributed by atoms with Gasteiger partial charge in [-0.25, -0.2) is 9.48 Å². The molecule has 1 aromatic heterocycles. The van der Waals surface area contributed by atoms with Crippen LogP contribution in [0.2, 0.25) is 5.02 Å². The number of hydrogen-bond acceptors (Lipinski definition) is 3. The maximum absolute atomic E-state index is 11.6. The second-order valence-corrected chi connectivity index (χ2v) is 4.60. The quantitative estimate of drug-likeness (QED) is 0.914. The van der Waals surface area contributed by atoms with Crippen molar-refractivity contribution in [2.24, 2.45) is 0 Å². The average Bonchev–Trinajstić information content (AvgIpc) is 2.32. The Kier molecular flexibility index (Phi) is 3.40. The number of aromatic nitrogens is 2. The molecule has 0 atom stereocenters. The molecule has 0 bridgehead atoms. The van der Waals surface area contributed by atoms with Crippen molar-refractivity contribution in [3.05, 3.63) is 56.5 Å². The molecule has 0 aliphatic heterocycles. The Labute approximate surface area is 114 Å². The summed E-state index contributed by atoms with van der Waals surface area (Å²) in [6.07, 6.45) is 1.46. The molecule has 0 amide bonds. The summed E-state index contributed by atoms with van der Waals surface area (Å²) in [4.78, 5) is 22.6. The smallest absolute Gasteiger partial charge is 0.360 e. The van der Waals surface area contributed by atoms with Crippen LogP contribution < -0.4 is 5.43 Å². The average molecular weight is 279 g/mol. The molecular formula is C13H11ClN2O3. The molecule has 0 fully saturated rings. The van der Waals surface area contributed by atoms with Gasteiger partial charge >= 0.3 is 5.97 Å². The van der Waals surface area contributed by atoms with Crippen LogP contribution in [0.25, 0.3) is 5.69 Å². The van der Waals surface area contributed by atoms with E-state index in [-0.39, 0.29) is 0 Å². The molecule has 0 saturated carbocycles.